The smallest absolute Gasteiger partial charge is 0.261 e. The topological polar surface area (TPSA) is 104 Å². The predicted octanol–water partition coefficient (Wildman–Crippen LogP) is 0.422. The van der Waals surface area contributed by atoms with Crippen LogP contribution in [0.3, 0.4) is 0 Å². The third kappa shape index (κ3) is 3.66. The molecule has 3 N–H and O–H groups in total. The molecule has 0 atom stereocenters. The maximum atomic E-state index is 12.1. The van der Waals surface area contributed by atoms with Crippen molar-refractivity contribution in [2.75, 3.05) is 26.4 Å². The van der Waals surface area contributed by atoms with Gasteiger partial charge in [0.25, 0.3) is 11.5 Å². The van der Waals surface area contributed by atoms with Crippen molar-refractivity contribution in [2.45, 2.75) is 13.3 Å². The molecule has 0 radical (unpaired) electrons. The number of hydrogen-bond donors (Lipinski definition) is 3. The molecule has 0 aliphatic carbocycles. The number of aryl methyl sites for hydroxylation is 1. The van der Waals surface area contributed by atoms with E-state index in [-0.39, 0.29) is 18.1 Å². The lowest BCUT2D eigenvalue weighted by Crippen LogP contribution is -2.25. The molecule has 2 aromatic heterocycles. The van der Waals surface area contributed by atoms with Crippen molar-refractivity contribution >= 4 is 27.5 Å². The van der Waals surface area contributed by atoms with E-state index in [9.17, 15) is 9.59 Å². The Morgan fingerprint density at radius 2 is 2.33 bits per heavy atom. The van der Waals surface area contributed by atoms with Gasteiger partial charge in [0.2, 0.25) is 0 Å². The number of fused-ring (bicyclic) bond motifs is 1. The van der Waals surface area contributed by atoms with Crippen LogP contribution < -0.4 is 10.9 Å². The van der Waals surface area contributed by atoms with Gasteiger partial charge in [-0.05, 0) is 18.9 Å². The van der Waals surface area contributed by atoms with Crippen molar-refractivity contribution < 1.29 is 14.6 Å². The first kappa shape index (κ1) is 15.6. The number of nitrogens with zero attached hydrogens (tertiary/aromatic N) is 1. The molecule has 0 saturated heterocycles. The van der Waals surface area contributed by atoms with Gasteiger partial charge in [-0.2, -0.15) is 0 Å². The minimum absolute atomic E-state index is 0.00507. The average molecular weight is 311 g/mol. The molecule has 0 bridgehead atoms. The molecule has 0 saturated carbocycles. The number of H-pyrrole nitrogens is 1. The molecule has 7 nitrogen and oxygen atoms in total. The molecule has 2 aromatic rings. The number of aliphatic hydroxyl groups excluding tert-OH is 1. The lowest BCUT2D eigenvalue weighted by Gasteiger charge is -2.05. The number of aromatic nitrogens is 2. The molecule has 114 valence electrons. The molecular formula is C13H17N3O4S. The van der Waals surface area contributed by atoms with E-state index >= 15 is 0 Å². The summed E-state index contributed by atoms with van der Waals surface area (Å²) in [6, 6.07) is 0. The van der Waals surface area contributed by atoms with Crippen LogP contribution in [0, 0.1) is 6.92 Å². The Balaban J connectivity index is 1.99. The maximum absolute atomic E-state index is 12.1. The van der Waals surface area contributed by atoms with E-state index in [1.807, 2.05) is 0 Å². The highest BCUT2D eigenvalue weighted by Crippen LogP contribution is 2.26. The van der Waals surface area contributed by atoms with Crippen LogP contribution >= 0.6 is 11.3 Å². The van der Waals surface area contributed by atoms with Crippen LogP contribution in [-0.4, -0.2) is 47.3 Å². The molecule has 2 heterocycles. The highest BCUT2D eigenvalue weighted by molar-refractivity contribution is 7.20. The van der Waals surface area contributed by atoms with E-state index in [4.69, 9.17) is 9.84 Å². The van der Waals surface area contributed by atoms with Crippen LogP contribution in [0.15, 0.2) is 11.1 Å². The van der Waals surface area contributed by atoms with Gasteiger partial charge in [-0.25, -0.2) is 4.98 Å². The van der Waals surface area contributed by atoms with Gasteiger partial charge in [0.05, 0.1) is 29.8 Å². The van der Waals surface area contributed by atoms with Gasteiger partial charge in [-0.3, -0.25) is 9.59 Å². The highest BCUT2D eigenvalue weighted by Gasteiger charge is 2.17. The number of carbonyl (C=O) groups is 1. The highest BCUT2D eigenvalue weighted by atomic mass is 32.1. The number of ether oxygens (including phenoxy) is 1. The first-order valence-corrected chi connectivity index (χ1v) is 7.40. The van der Waals surface area contributed by atoms with Gasteiger partial charge in [0, 0.05) is 13.2 Å². The summed E-state index contributed by atoms with van der Waals surface area (Å²) in [4.78, 5) is 31.5. The van der Waals surface area contributed by atoms with Crippen molar-refractivity contribution in [2.24, 2.45) is 0 Å². The van der Waals surface area contributed by atoms with Crippen molar-refractivity contribution in [3.05, 3.63) is 27.1 Å². The maximum Gasteiger partial charge on any atom is 0.261 e. The zero-order valence-electron chi connectivity index (χ0n) is 11.6. The summed E-state index contributed by atoms with van der Waals surface area (Å²) in [6.45, 7) is 3.00. The van der Waals surface area contributed by atoms with E-state index in [0.717, 1.165) is 0 Å². The van der Waals surface area contributed by atoms with E-state index < -0.39 is 0 Å². The number of carbonyl (C=O) groups excluding carboxylic acids is 1. The molecule has 0 unspecified atom stereocenters. The van der Waals surface area contributed by atoms with Gasteiger partial charge in [0.15, 0.2) is 0 Å². The molecule has 1 amide bonds. The van der Waals surface area contributed by atoms with Gasteiger partial charge < -0.3 is 20.1 Å². The minimum Gasteiger partial charge on any atom is -0.394 e. The number of aromatic amines is 1. The standard InChI is InChI=1S/C13H17N3O4S/c1-8-9-11(18)15-7-16-13(9)21-10(8)12(19)14-3-2-5-20-6-4-17/h7,17H,2-6H2,1H3,(H,14,19)(H,15,16,18). The summed E-state index contributed by atoms with van der Waals surface area (Å²) in [6.07, 6.45) is 2.00. The predicted molar refractivity (Wildman–Crippen MR) is 79.8 cm³/mol. The van der Waals surface area contributed by atoms with E-state index in [1.165, 1.54) is 17.7 Å². The van der Waals surface area contributed by atoms with Crippen LogP contribution in [0.1, 0.15) is 21.7 Å². The normalized spacial score (nSPS) is 11.0. The van der Waals surface area contributed by atoms with Crippen LogP contribution in [-0.2, 0) is 4.74 Å². The van der Waals surface area contributed by atoms with E-state index in [0.29, 0.717) is 46.8 Å². The first-order chi connectivity index (χ1) is 10.1. The summed E-state index contributed by atoms with van der Waals surface area (Å²) in [5.74, 6) is -0.211. The number of aliphatic hydroxyl groups is 1. The van der Waals surface area contributed by atoms with E-state index in [2.05, 4.69) is 15.3 Å². The third-order valence-corrected chi connectivity index (χ3v) is 4.12. The fourth-order valence-electron chi connectivity index (χ4n) is 1.92. The van der Waals surface area contributed by atoms with Crippen LogP contribution in [0.2, 0.25) is 0 Å². The second-order valence-electron chi connectivity index (χ2n) is 4.41. The summed E-state index contributed by atoms with van der Waals surface area (Å²) in [5.41, 5.74) is 0.420. The minimum atomic E-state index is -0.231. The fourth-order valence-corrected chi connectivity index (χ4v) is 2.98. The van der Waals surface area contributed by atoms with Crippen molar-refractivity contribution in [3.8, 4) is 0 Å². The lowest BCUT2D eigenvalue weighted by atomic mass is 10.2. The van der Waals surface area contributed by atoms with Gasteiger partial charge in [0.1, 0.15) is 4.83 Å². The summed E-state index contributed by atoms with van der Waals surface area (Å²) < 4.78 is 5.10. The fraction of sp³-hybridized carbons (Fsp3) is 0.462. The molecule has 0 spiro atoms. The van der Waals surface area contributed by atoms with Gasteiger partial charge >= 0.3 is 0 Å². The molecule has 0 aromatic carbocycles. The third-order valence-electron chi connectivity index (χ3n) is 2.93. The van der Waals surface area contributed by atoms with Crippen LogP contribution in [0.4, 0.5) is 0 Å². The Morgan fingerprint density at radius 1 is 1.52 bits per heavy atom. The average Bonchev–Trinajstić information content (AvgIpc) is 2.81. The molecule has 0 aliphatic heterocycles. The SMILES string of the molecule is Cc1c(C(=O)NCCCOCCO)sc2nc[nH]c(=O)c12. The second-order valence-corrected chi connectivity index (χ2v) is 5.41. The summed E-state index contributed by atoms with van der Waals surface area (Å²) in [7, 11) is 0. The largest absolute Gasteiger partial charge is 0.394 e. The molecule has 0 aliphatic rings. The van der Waals surface area contributed by atoms with Crippen molar-refractivity contribution in [3.63, 3.8) is 0 Å². The van der Waals surface area contributed by atoms with Gasteiger partial charge in [-0.15, -0.1) is 11.3 Å². The van der Waals surface area contributed by atoms with Crippen LogP contribution in [0.5, 0.6) is 0 Å². The van der Waals surface area contributed by atoms with Crippen LogP contribution in [0.25, 0.3) is 10.2 Å². The number of amides is 1. The quantitative estimate of drug-likeness (QED) is 0.643. The molecule has 0 fully saturated rings. The molecular weight excluding hydrogens is 294 g/mol. The Bertz CT molecular complexity index is 680. The zero-order chi connectivity index (χ0) is 15.2. The second kappa shape index (κ2) is 7.30. The van der Waals surface area contributed by atoms with Crippen molar-refractivity contribution in [1.82, 2.24) is 15.3 Å². The lowest BCUT2D eigenvalue weighted by molar-refractivity contribution is 0.0869. The number of hydrogen-bond acceptors (Lipinski definition) is 6. The number of nitrogens with one attached hydrogen (secondary N) is 2. The Morgan fingerprint density at radius 3 is 3.05 bits per heavy atom. The molecule has 2 rings (SSSR count). The summed E-state index contributed by atoms with van der Waals surface area (Å²) in [5, 5.41) is 11.8. The zero-order valence-corrected chi connectivity index (χ0v) is 12.5. The number of rotatable bonds is 7. The summed E-state index contributed by atoms with van der Waals surface area (Å²) >= 11 is 1.21. The van der Waals surface area contributed by atoms with Crippen molar-refractivity contribution in [1.29, 1.82) is 0 Å². The Hall–Kier alpha value is -1.77. The first-order valence-electron chi connectivity index (χ1n) is 6.58. The Labute approximate surface area is 125 Å². The Kier molecular flexibility index (Phi) is 5.43. The molecule has 8 heteroatoms. The van der Waals surface area contributed by atoms with E-state index in [1.54, 1.807) is 6.92 Å². The molecule has 21 heavy (non-hydrogen) atoms. The number of thiophene rings is 1. The monoisotopic (exact) mass is 311 g/mol. The van der Waals surface area contributed by atoms with Gasteiger partial charge in [-0.1, -0.05) is 0 Å².